The molecule has 116 valence electrons. The SMILES string of the molecule is CN=C(NCc1sccc1C)NC1CC1c1ccccc1F. The van der Waals surface area contributed by atoms with Gasteiger partial charge in [0.1, 0.15) is 5.82 Å². The number of nitrogens with zero attached hydrogens (tertiary/aromatic N) is 1. The zero-order valence-electron chi connectivity index (χ0n) is 12.8. The summed E-state index contributed by atoms with van der Waals surface area (Å²) in [6, 6.07) is 9.39. The molecule has 2 unspecified atom stereocenters. The topological polar surface area (TPSA) is 36.4 Å². The summed E-state index contributed by atoms with van der Waals surface area (Å²) >= 11 is 1.74. The van der Waals surface area contributed by atoms with Gasteiger partial charge in [0.15, 0.2) is 5.96 Å². The van der Waals surface area contributed by atoms with Crippen LogP contribution >= 0.6 is 11.3 Å². The monoisotopic (exact) mass is 317 g/mol. The molecule has 0 saturated heterocycles. The first-order valence-electron chi connectivity index (χ1n) is 7.43. The van der Waals surface area contributed by atoms with Crippen LogP contribution in [0.1, 0.15) is 28.3 Å². The molecule has 2 atom stereocenters. The Bertz CT molecular complexity index is 680. The van der Waals surface area contributed by atoms with Gasteiger partial charge in [-0.05, 0) is 42.0 Å². The van der Waals surface area contributed by atoms with E-state index in [1.165, 1.54) is 16.5 Å². The van der Waals surface area contributed by atoms with Crippen molar-refractivity contribution in [1.29, 1.82) is 0 Å². The zero-order valence-corrected chi connectivity index (χ0v) is 13.6. The van der Waals surface area contributed by atoms with Crippen LogP contribution in [0.2, 0.25) is 0 Å². The number of rotatable bonds is 4. The Hall–Kier alpha value is -1.88. The van der Waals surface area contributed by atoms with Crippen molar-refractivity contribution in [2.24, 2.45) is 4.99 Å². The van der Waals surface area contributed by atoms with Crippen LogP contribution in [0.25, 0.3) is 0 Å². The number of thiophene rings is 1. The van der Waals surface area contributed by atoms with Gasteiger partial charge in [-0.1, -0.05) is 18.2 Å². The molecule has 0 spiro atoms. The Kier molecular flexibility index (Phi) is 4.43. The van der Waals surface area contributed by atoms with E-state index in [9.17, 15) is 4.39 Å². The first kappa shape index (κ1) is 15.0. The van der Waals surface area contributed by atoms with E-state index in [2.05, 4.69) is 34.0 Å². The summed E-state index contributed by atoms with van der Waals surface area (Å²) in [6.45, 7) is 2.87. The van der Waals surface area contributed by atoms with E-state index in [1.54, 1.807) is 24.5 Å². The van der Waals surface area contributed by atoms with Crippen LogP contribution in [0.3, 0.4) is 0 Å². The third kappa shape index (κ3) is 3.30. The fraction of sp³-hybridized carbons (Fsp3) is 0.353. The molecule has 2 N–H and O–H groups in total. The van der Waals surface area contributed by atoms with E-state index in [0.29, 0.717) is 0 Å². The molecule has 1 fully saturated rings. The van der Waals surface area contributed by atoms with Crippen molar-refractivity contribution in [2.45, 2.75) is 31.8 Å². The average molecular weight is 317 g/mol. The smallest absolute Gasteiger partial charge is 0.191 e. The van der Waals surface area contributed by atoms with Crippen LogP contribution in [0.5, 0.6) is 0 Å². The summed E-state index contributed by atoms with van der Waals surface area (Å²) in [5, 5.41) is 8.80. The second-order valence-corrected chi connectivity index (χ2v) is 6.57. The molecule has 0 aliphatic heterocycles. The summed E-state index contributed by atoms with van der Waals surface area (Å²) in [4.78, 5) is 5.56. The van der Waals surface area contributed by atoms with Gasteiger partial charge in [-0.25, -0.2) is 4.39 Å². The van der Waals surface area contributed by atoms with E-state index in [0.717, 1.165) is 24.5 Å². The molecule has 2 aromatic rings. The zero-order chi connectivity index (χ0) is 15.5. The maximum atomic E-state index is 13.8. The Morgan fingerprint density at radius 2 is 2.18 bits per heavy atom. The molecular formula is C17H20FN3S. The summed E-state index contributed by atoms with van der Waals surface area (Å²) < 4.78 is 13.8. The van der Waals surface area contributed by atoms with Gasteiger partial charge in [0.25, 0.3) is 0 Å². The maximum Gasteiger partial charge on any atom is 0.191 e. The summed E-state index contributed by atoms with van der Waals surface area (Å²) in [5.41, 5.74) is 2.09. The lowest BCUT2D eigenvalue weighted by Gasteiger charge is -2.12. The van der Waals surface area contributed by atoms with Crippen molar-refractivity contribution in [2.75, 3.05) is 7.05 Å². The lowest BCUT2D eigenvalue weighted by Crippen LogP contribution is -2.38. The summed E-state index contributed by atoms with van der Waals surface area (Å²) in [7, 11) is 1.76. The number of benzene rings is 1. The highest BCUT2D eigenvalue weighted by molar-refractivity contribution is 7.10. The number of hydrogen-bond acceptors (Lipinski definition) is 2. The molecular weight excluding hydrogens is 297 g/mol. The molecule has 3 nitrogen and oxygen atoms in total. The minimum Gasteiger partial charge on any atom is -0.353 e. The van der Waals surface area contributed by atoms with Crippen LogP contribution < -0.4 is 10.6 Å². The van der Waals surface area contributed by atoms with E-state index in [-0.39, 0.29) is 17.8 Å². The molecule has 0 bridgehead atoms. The number of halogens is 1. The van der Waals surface area contributed by atoms with Crippen LogP contribution in [0.4, 0.5) is 4.39 Å². The van der Waals surface area contributed by atoms with Gasteiger partial charge in [-0.3, -0.25) is 4.99 Å². The molecule has 5 heteroatoms. The minimum atomic E-state index is -0.117. The fourth-order valence-electron chi connectivity index (χ4n) is 2.59. The van der Waals surface area contributed by atoms with Crippen LogP contribution in [-0.4, -0.2) is 19.0 Å². The highest BCUT2D eigenvalue weighted by atomic mass is 32.1. The normalized spacial score (nSPS) is 20.8. The first-order valence-corrected chi connectivity index (χ1v) is 8.31. The van der Waals surface area contributed by atoms with Gasteiger partial charge >= 0.3 is 0 Å². The molecule has 1 saturated carbocycles. The van der Waals surface area contributed by atoms with Gasteiger partial charge in [0.2, 0.25) is 0 Å². The summed E-state index contributed by atoms with van der Waals surface area (Å²) in [5.74, 6) is 0.897. The molecule has 1 heterocycles. The first-order chi connectivity index (χ1) is 10.7. The third-order valence-corrected chi connectivity index (χ3v) is 5.05. The van der Waals surface area contributed by atoms with E-state index in [1.807, 2.05) is 12.1 Å². The van der Waals surface area contributed by atoms with Crippen molar-refractivity contribution in [3.8, 4) is 0 Å². The third-order valence-electron chi connectivity index (χ3n) is 4.03. The van der Waals surface area contributed by atoms with E-state index < -0.39 is 0 Å². The second-order valence-electron chi connectivity index (χ2n) is 5.57. The van der Waals surface area contributed by atoms with Crippen LogP contribution in [0.15, 0.2) is 40.7 Å². The Labute approximate surface area is 134 Å². The predicted octanol–water partition coefficient (Wildman–Crippen LogP) is 3.42. The second kappa shape index (κ2) is 6.48. The van der Waals surface area contributed by atoms with Crippen LogP contribution in [-0.2, 0) is 6.54 Å². The highest BCUT2D eigenvalue weighted by Crippen LogP contribution is 2.41. The molecule has 1 aliphatic rings. The quantitative estimate of drug-likeness (QED) is 0.670. The van der Waals surface area contributed by atoms with E-state index in [4.69, 9.17) is 0 Å². The van der Waals surface area contributed by atoms with E-state index >= 15 is 0 Å². The minimum absolute atomic E-state index is 0.117. The van der Waals surface area contributed by atoms with Gasteiger partial charge in [0.05, 0.1) is 6.54 Å². The van der Waals surface area contributed by atoms with Gasteiger partial charge in [-0.2, -0.15) is 0 Å². The van der Waals surface area contributed by atoms with Crippen molar-refractivity contribution < 1.29 is 4.39 Å². The number of guanidine groups is 1. The maximum absolute atomic E-state index is 13.8. The summed E-state index contributed by atoms with van der Waals surface area (Å²) in [6.07, 6.45) is 0.944. The molecule has 22 heavy (non-hydrogen) atoms. The van der Waals surface area contributed by atoms with Crippen molar-refractivity contribution in [3.63, 3.8) is 0 Å². The molecule has 1 aromatic carbocycles. The number of aliphatic imine (C=N–C) groups is 1. The fourth-order valence-corrected chi connectivity index (χ4v) is 3.44. The highest BCUT2D eigenvalue weighted by Gasteiger charge is 2.40. The van der Waals surface area contributed by atoms with Gasteiger partial charge < -0.3 is 10.6 Å². The van der Waals surface area contributed by atoms with Crippen LogP contribution in [0, 0.1) is 12.7 Å². The lowest BCUT2D eigenvalue weighted by molar-refractivity contribution is 0.607. The van der Waals surface area contributed by atoms with Crippen molar-refractivity contribution >= 4 is 17.3 Å². The predicted molar refractivity (Wildman–Crippen MR) is 89.9 cm³/mol. The largest absolute Gasteiger partial charge is 0.353 e. The Balaban J connectivity index is 1.55. The van der Waals surface area contributed by atoms with Crippen molar-refractivity contribution in [3.05, 3.63) is 57.5 Å². The standard InChI is InChI=1S/C17H20FN3S/c1-11-7-8-22-16(11)10-20-17(19-2)21-15-9-13(15)12-5-3-4-6-14(12)18/h3-8,13,15H,9-10H2,1-2H3,(H2,19,20,21). The number of aryl methyl sites for hydroxylation is 1. The average Bonchev–Trinajstić information content (AvgIpc) is 3.16. The molecule has 0 radical (unpaired) electrons. The molecule has 1 aliphatic carbocycles. The number of hydrogen-bond donors (Lipinski definition) is 2. The lowest BCUT2D eigenvalue weighted by atomic mass is 10.1. The Morgan fingerprint density at radius 3 is 2.86 bits per heavy atom. The molecule has 3 rings (SSSR count). The molecule has 1 aromatic heterocycles. The number of nitrogens with one attached hydrogen (secondary N) is 2. The molecule has 0 amide bonds. The van der Waals surface area contributed by atoms with Gasteiger partial charge in [0, 0.05) is 23.9 Å². The Morgan fingerprint density at radius 1 is 1.36 bits per heavy atom. The van der Waals surface area contributed by atoms with Crippen molar-refractivity contribution in [1.82, 2.24) is 10.6 Å². The van der Waals surface area contributed by atoms with Gasteiger partial charge in [-0.15, -0.1) is 11.3 Å².